The monoisotopic (exact) mass is 402 g/mol. The van der Waals surface area contributed by atoms with Crippen molar-refractivity contribution >= 4 is 22.7 Å². The van der Waals surface area contributed by atoms with Gasteiger partial charge in [-0.3, -0.25) is 9.48 Å². The van der Waals surface area contributed by atoms with Crippen molar-refractivity contribution in [2.45, 2.75) is 19.0 Å². The fourth-order valence-electron chi connectivity index (χ4n) is 3.31. The summed E-state index contributed by atoms with van der Waals surface area (Å²) in [6.07, 6.45) is 2.06. The van der Waals surface area contributed by atoms with Crippen LogP contribution < -0.4 is 10.1 Å². The molecular formula is C19H16F2N4O4. The maximum atomic E-state index is 12.9. The third kappa shape index (κ3) is 3.52. The summed E-state index contributed by atoms with van der Waals surface area (Å²) in [7, 11) is 1.58. The highest BCUT2D eigenvalue weighted by Gasteiger charge is 2.26. The lowest BCUT2D eigenvalue weighted by molar-refractivity contribution is -0.0494. The van der Waals surface area contributed by atoms with Crippen LogP contribution in [0.15, 0.2) is 28.8 Å². The molecule has 0 spiro atoms. The third-order valence-electron chi connectivity index (χ3n) is 4.75. The molecule has 3 aromatic rings. The van der Waals surface area contributed by atoms with Gasteiger partial charge in [-0.25, -0.2) is 0 Å². The molecule has 1 saturated heterocycles. The normalized spacial score (nSPS) is 16.3. The number of anilines is 1. The number of aromatic nitrogens is 2. The number of nitrogens with zero attached hydrogens (tertiary/aromatic N) is 3. The first-order valence-electron chi connectivity index (χ1n) is 8.80. The van der Waals surface area contributed by atoms with Gasteiger partial charge in [-0.15, -0.1) is 0 Å². The summed E-state index contributed by atoms with van der Waals surface area (Å²) in [5, 5.41) is 16.1. The molecule has 8 nitrogen and oxygen atoms in total. The number of alkyl halides is 2. The molecule has 3 heterocycles. The lowest BCUT2D eigenvalue weighted by atomic mass is 10.0. The first kappa shape index (κ1) is 18.9. The van der Waals surface area contributed by atoms with E-state index in [1.165, 1.54) is 23.0 Å². The predicted molar refractivity (Wildman–Crippen MR) is 96.9 cm³/mol. The number of hydrogen-bond donors (Lipinski definition) is 1. The summed E-state index contributed by atoms with van der Waals surface area (Å²) in [5.74, 6) is 0.0465. The highest BCUT2D eigenvalue weighted by molar-refractivity contribution is 6.13. The van der Waals surface area contributed by atoms with Crippen LogP contribution in [-0.2, 0) is 11.8 Å². The van der Waals surface area contributed by atoms with E-state index in [9.17, 15) is 13.6 Å². The van der Waals surface area contributed by atoms with Crippen molar-refractivity contribution in [3.63, 3.8) is 0 Å². The summed E-state index contributed by atoms with van der Waals surface area (Å²) < 4.78 is 42.6. The van der Waals surface area contributed by atoms with Crippen LogP contribution in [0.4, 0.5) is 14.6 Å². The average Bonchev–Trinajstić information content (AvgIpc) is 3.42. The molecule has 1 unspecified atom stereocenters. The van der Waals surface area contributed by atoms with Crippen molar-refractivity contribution in [2.75, 3.05) is 18.5 Å². The third-order valence-corrected chi connectivity index (χ3v) is 4.75. The van der Waals surface area contributed by atoms with E-state index in [-0.39, 0.29) is 34.2 Å². The number of halogens is 2. The van der Waals surface area contributed by atoms with Crippen molar-refractivity contribution in [1.82, 2.24) is 9.78 Å². The van der Waals surface area contributed by atoms with Gasteiger partial charge < -0.3 is 19.2 Å². The Hall–Kier alpha value is -3.45. The zero-order valence-electron chi connectivity index (χ0n) is 15.3. The molecular weight excluding hydrogens is 386 g/mol. The number of nitrogens with one attached hydrogen (secondary N) is 1. The second-order valence-electron chi connectivity index (χ2n) is 6.54. The van der Waals surface area contributed by atoms with Gasteiger partial charge in [0.15, 0.2) is 11.3 Å². The molecule has 0 bridgehead atoms. The lowest BCUT2D eigenvalue weighted by Crippen LogP contribution is -2.16. The summed E-state index contributed by atoms with van der Waals surface area (Å²) >= 11 is 0. The Labute approximate surface area is 163 Å². The van der Waals surface area contributed by atoms with Gasteiger partial charge in [0.25, 0.3) is 5.91 Å². The Morgan fingerprint density at radius 1 is 1.48 bits per heavy atom. The van der Waals surface area contributed by atoms with E-state index in [1.54, 1.807) is 13.1 Å². The topological polar surface area (TPSA) is 102 Å². The molecule has 0 saturated carbocycles. The zero-order chi connectivity index (χ0) is 20.5. The van der Waals surface area contributed by atoms with E-state index >= 15 is 0 Å². The van der Waals surface area contributed by atoms with Crippen LogP contribution in [0.5, 0.6) is 5.75 Å². The van der Waals surface area contributed by atoms with Gasteiger partial charge in [0, 0.05) is 25.0 Å². The Morgan fingerprint density at radius 3 is 3.00 bits per heavy atom. The van der Waals surface area contributed by atoms with Crippen molar-refractivity contribution in [1.29, 1.82) is 5.26 Å². The van der Waals surface area contributed by atoms with Gasteiger partial charge in [-0.2, -0.15) is 19.1 Å². The zero-order valence-corrected chi connectivity index (χ0v) is 15.3. The Morgan fingerprint density at radius 2 is 2.31 bits per heavy atom. The number of carbonyl (C=O) groups is 1. The number of ether oxygens (including phenoxy) is 2. The van der Waals surface area contributed by atoms with E-state index < -0.39 is 12.5 Å². The summed E-state index contributed by atoms with van der Waals surface area (Å²) in [6.45, 7) is -2.01. The fourth-order valence-corrected chi connectivity index (χ4v) is 3.31. The maximum Gasteiger partial charge on any atom is 0.387 e. The number of aryl methyl sites for hydroxylation is 1. The molecule has 2 aromatic heterocycles. The number of benzene rings is 1. The van der Waals surface area contributed by atoms with Crippen LogP contribution in [0, 0.1) is 11.3 Å². The lowest BCUT2D eigenvalue weighted by Gasteiger charge is -2.09. The van der Waals surface area contributed by atoms with Crippen molar-refractivity contribution < 1.29 is 27.5 Å². The predicted octanol–water partition coefficient (Wildman–Crippen LogP) is 3.40. The van der Waals surface area contributed by atoms with Crippen molar-refractivity contribution in [2.24, 2.45) is 7.05 Å². The number of carbonyl (C=O) groups excluding carboxylic acids is 1. The number of rotatable bonds is 5. The molecule has 1 amide bonds. The maximum absolute atomic E-state index is 12.9. The second kappa shape index (κ2) is 7.52. The minimum Gasteiger partial charge on any atom is -0.457 e. The molecule has 29 heavy (non-hydrogen) atoms. The van der Waals surface area contributed by atoms with E-state index in [0.29, 0.717) is 24.4 Å². The number of furan rings is 1. The Balaban J connectivity index is 1.76. The van der Waals surface area contributed by atoms with Crippen LogP contribution in [0.2, 0.25) is 0 Å². The van der Waals surface area contributed by atoms with Gasteiger partial charge in [0.05, 0.1) is 18.4 Å². The molecule has 150 valence electrons. The number of nitriles is 1. The first-order valence-corrected chi connectivity index (χ1v) is 8.80. The molecule has 10 heteroatoms. The minimum atomic E-state index is -3.03. The molecule has 1 aliphatic rings. The van der Waals surface area contributed by atoms with E-state index in [1.807, 2.05) is 6.07 Å². The molecule has 4 rings (SSSR count). The average molecular weight is 402 g/mol. The Kier molecular flexibility index (Phi) is 4.90. The SMILES string of the molecule is Cn1ncc(C#N)c1NC(=O)c1ccc(OC(F)F)c2oc(C3CCOC3)cc12. The van der Waals surface area contributed by atoms with Crippen LogP contribution in [0.25, 0.3) is 11.0 Å². The number of hydrogen-bond acceptors (Lipinski definition) is 6. The van der Waals surface area contributed by atoms with Gasteiger partial charge in [-0.1, -0.05) is 0 Å². The summed E-state index contributed by atoms with van der Waals surface area (Å²) in [6, 6.07) is 6.24. The quantitative estimate of drug-likeness (QED) is 0.702. The molecule has 0 aliphatic carbocycles. The largest absolute Gasteiger partial charge is 0.457 e. The van der Waals surface area contributed by atoms with Crippen molar-refractivity contribution in [3.8, 4) is 11.8 Å². The van der Waals surface area contributed by atoms with Gasteiger partial charge in [-0.05, 0) is 24.6 Å². The highest BCUT2D eigenvalue weighted by Crippen LogP contribution is 2.37. The summed E-state index contributed by atoms with van der Waals surface area (Å²) in [5.41, 5.74) is 0.455. The molecule has 1 atom stereocenters. The van der Waals surface area contributed by atoms with E-state index in [0.717, 1.165) is 6.42 Å². The van der Waals surface area contributed by atoms with Crippen molar-refractivity contribution in [3.05, 3.63) is 41.3 Å². The number of amides is 1. The van der Waals surface area contributed by atoms with E-state index in [2.05, 4.69) is 15.2 Å². The summed E-state index contributed by atoms with van der Waals surface area (Å²) in [4.78, 5) is 12.9. The number of fused-ring (bicyclic) bond motifs is 1. The molecule has 1 aliphatic heterocycles. The van der Waals surface area contributed by atoms with Crippen LogP contribution in [0.1, 0.15) is 34.0 Å². The molecule has 1 N–H and O–H groups in total. The second-order valence-corrected chi connectivity index (χ2v) is 6.54. The molecule has 1 fully saturated rings. The minimum absolute atomic E-state index is 0.0278. The van der Waals surface area contributed by atoms with Crippen LogP contribution >= 0.6 is 0 Å². The van der Waals surface area contributed by atoms with Gasteiger partial charge in [0.2, 0.25) is 0 Å². The smallest absolute Gasteiger partial charge is 0.387 e. The van der Waals surface area contributed by atoms with Crippen LogP contribution in [-0.4, -0.2) is 35.5 Å². The molecule has 1 aromatic carbocycles. The fraction of sp³-hybridized carbons (Fsp3) is 0.316. The van der Waals surface area contributed by atoms with Crippen LogP contribution in [0.3, 0.4) is 0 Å². The Bertz CT molecular complexity index is 1110. The van der Waals surface area contributed by atoms with E-state index in [4.69, 9.17) is 14.4 Å². The standard InChI is InChI=1S/C19H16F2N4O4/c1-25-17(11(7-22)8-23-25)24-18(26)12-2-3-14(29-19(20)21)16-13(12)6-15(28-16)10-4-5-27-9-10/h2-3,6,8,10,19H,4-5,9H2,1H3,(H,24,26). The highest BCUT2D eigenvalue weighted by atomic mass is 19.3. The molecule has 0 radical (unpaired) electrons. The first-order chi connectivity index (χ1) is 14.0. The van der Waals surface area contributed by atoms with Gasteiger partial charge in [0.1, 0.15) is 23.2 Å². The van der Waals surface area contributed by atoms with Gasteiger partial charge >= 0.3 is 6.61 Å².